The van der Waals surface area contributed by atoms with Crippen LogP contribution in [0.15, 0.2) is 78.9 Å². The predicted octanol–water partition coefficient (Wildman–Crippen LogP) is 7.27. The number of ether oxygens (including phenoxy) is 3. The summed E-state index contributed by atoms with van der Waals surface area (Å²) in [5.74, 6) is 1.40. The van der Waals surface area contributed by atoms with Gasteiger partial charge < -0.3 is 14.2 Å². The molecule has 1 fully saturated rings. The normalized spacial score (nSPS) is 15.2. The van der Waals surface area contributed by atoms with Gasteiger partial charge in [-0.1, -0.05) is 55.7 Å². The van der Waals surface area contributed by atoms with Gasteiger partial charge in [0.2, 0.25) is 0 Å². The van der Waals surface area contributed by atoms with Crippen LogP contribution in [0.5, 0.6) is 17.2 Å². The van der Waals surface area contributed by atoms with Crippen molar-refractivity contribution in [3.05, 3.63) is 95.6 Å². The van der Waals surface area contributed by atoms with Crippen LogP contribution in [0.25, 0.3) is 6.08 Å². The lowest BCUT2D eigenvalue weighted by Crippen LogP contribution is -2.30. The molecule has 0 spiro atoms. The van der Waals surface area contributed by atoms with E-state index in [1.807, 2.05) is 81.4 Å². The van der Waals surface area contributed by atoms with Crippen LogP contribution in [-0.2, 0) is 15.0 Å². The second-order valence-electron chi connectivity index (χ2n) is 10.4. The Bertz CT molecular complexity index is 1210. The number of hydrogen-bond acceptors (Lipinski definition) is 5. The first-order valence-electron chi connectivity index (χ1n) is 12.8. The molecule has 1 aliphatic rings. The maximum absolute atomic E-state index is 12.4. The molecule has 0 radical (unpaired) electrons. The third-order valence-electron chi connectivity index (χ3n) is 6.64. The van der Waals surface area contributed by atoms with Crippen molar-refractivity contribution in [2.24, 2.45) is 0 Å². The molecule has 4 rings (SSSR count). The third kappa shape index (κ3) is 6.88. The Balaban J connectivity index is 1.43. The van der Waals surface area contributed by atoms with Crippen molar-refractivity contribution in [1.82, 2.24) is 0 Å². The average molecular weight is 499 g/mol. The molecule has 192 valence electrons. The van der Waals surface area contributed by atoms with Crippen molar-refractivity contribution < 1.29 is 23.8 Å². The van der Waals surface area contributed by atoms with E-state index in [1.54, 1.807) is 6.08 Å². The summed E-state index contributed by atoms with van der Waals surface area (Å²) in [6.07, 6.45) is 8.77. The molecule has 0 aliphatic heterocycles. The molecule has 3 aromatic rings. The van der Waals surface area contributed by atoms with Crippen LogP contribution in [0.4, 0.5) is 0 Å². The fraction of sp³-hybridized carbons (Fsp3) is 0.312. The van der Waals surface area contributed by atoms with Gasteiger partial charge >= 0.3 is 5.97 Å². The van der Waals surface area contributed by atoms with Crippen molar-refractivity contribution in [3.63, 3.8) is 0 Å². The molecule has 5 heteroatoms. The molecule has 0 atom stereocenters. The van der Waals surface area contributed by atoms with E-state index in [0.717, 1.165) is 37.0 Å². The van der Waals surface area contributed by atoms with Crippen molar-refractivity contribution in [2.45, 2.75) is 63.9 Å². The van der Waals surface area contributed by atoms with Crippen LogP contribution >= 0.6 is 0 Å². The van der Waals surface area contributed by atoms with Crippen LogP contribution in [-0.4, -0.2) is 18.0 Å². The van der Waals surface area contributed by atoms with Crippen LogP contribution < -0.4 is 14.2 Å². The van der Waals surface area contributed by atoms with Crippen molar-refractivity contribution in [3.8, 4) is 17.2 Å². The lowest BCUT2D eigenvalue weighted by molar-refractivity contribution is -0.129. The van der Waals surface area contributed by atoms with Gasteiger partial charge in [-0.25, -0.2) is 4.79 Å². The summed E-state index contributed by atoms with van der Waals surface area (Å²) in [4.78, 5) is 23.1. The lowest BCUT2D eigenvalue weighted by atomic mass is 9.65. The molecule has 0 bridgehead atoms. The second-order valence-corrected chi connectivity index (χ2v) is 10.4. The highest BCUT2D eigenvalue weighted by Gasteiger charge is 2.35. The fourth-order valence-electron chi connectivity index (χ4n) is 4.96. The van der Waals surface area contributed by atoms with Crippen molar-refractivity contribution >= 4 is 18.5 Å². The lowest BCUT2D eigenvalue weighted by Gasteiger charge is -2.38. The fourth-order valence-corrected chi connectivity index (χ4v) is 4.96. The molecule has 5 nitrogen and oxygen atoms in total. The summed E-state index contributed by atoms with van der Waals surface area (Å²) in [7, 11) is 0. The number of carbonyl (C=O) groups is 2. The first-order valence-corrected chi connectivity index (χ1v) is 12.8. The molecule has 0 aromatic heterocycles. The highest BCUT2D eigenvalue weighted by molar-refractivity contribution is 5.88. The van der Waals surface area contributed by atoms with Gasteiger partial charge in [0, 0.05) is 11.5 Å². The minimum atomic E-state index is -0.430. The van der Waals surface area contributed by atoms with Gasteiger partial charge in [-0.3, -0.25) is 4.79 Å². The second kappa shape index (κ2) is 11.5. The Kier molecular flexibility index (Phi) is 8.12. The quantitative estimate of drug-likeness (QED) is 0.141. The van der Waals surface area contributed by atoms with E-state index in [0.29, 0.717) is 18.0 Å². The van der Waals surface area contributed by atoms with Crippen molar-refractivity contribution in [1.29, 1.82) is 0 Å². The Hall–Kier alpha value is -3.86. The molecule has 0 amide bonds. The number of carbonyl (C=O) groups excluding carboxylic acids is 2. The first-order chi connectivity index (χ1) is 17.8. The monoisotopic (exact) mass is 498 g/mol. The van der Waals surface area contributed by atoms with Crippen LogP contribution in [0.2, 0.25) is 0 Å². The van der Waals surface area contributed by atoms with E-state index >= 15 is 0 Å². The van der Waals surface area contributed by atoms with Crippen molar-refractivity contribution in [2.75, 3.05) is 0 Å². The Morgan fingerprint density at radius 2 is 1.30 bits per heavy atom. The Labute approximate surface area is 219 Å². The summed E-state index contributed by atoms with van der Waals surface area (Å²) in [5.41, 5.74) is 2.92. The maximum Gasteiger partial charge on any atom is 0.336 e. The third-order valence-corrected chi connectivity index (χ3v) is 6.64. The van der Waals surface area contributed by atoms with Gasteiger partial charge in [0.15, 0.2) is 0 Å². The highest BCUT2D eigenvalue weighted by atomic mass is 16.5. The van der Waals surface area contributed by atoms with Crippen LogP contribution in [0.1, 0.15) is 69.6 Å². The molecule has 0 heterocycles. The average Bonchev–Trinajstić information content (AvgIpc) is 2.89. The topological polar surface area (TPSA) is 61.8 Å². The zero-order valence-electron chi connectivity index (χ0n) is 21.7. The van der Waals surface area contributed by atoms with Gasteiger partial charge in [-0.15, -0.1) is 0 Å². The van der Waals surface area contributed by atoms with Gasteiger partial charge in [0.25, 0.3) is 6.47 Å². The number of rotatable bonds is 8. The first kappa shape index (κ1) is 26.2. The van der Waals surface area contributed by atoms with E-state index < -0.39 is 5.97 Å². The summed E-state index contributed by atoms with van der Waals surface area (Å²) in [6.45, 7) is 6.45. The summed E-state index contributed by atoms with van der Waals surface area (Å²) in [5, 5.41) is 0. The van der Waals surface area contributed by atoms with E-state index in [1.165, 1.54) is 23.6 Å². The maximum atomic E-state index is 12.4. The van der Waals surface area contributed by atoms with Gasteiger partial charge in [-0.05, 0) is 92.8 Å². The predicted molar refractivity (Wildman–Crippen MR) is 145 cm³/mol. The minimum Gasteiger partial charge on any atom is -0.488 e. The molecule has 0 saturated heterocycles. The highest BCUT2D eigenvalue weighted by Crippen LogP contribution is 2.45. The SMILES string of the molecule is CC(C)(C)Oc1ccc(/C=C\C(=O)Oc2ccc(C3(c4ccc(OC=O)cc4)CCCCC3)cc2)cc1. The number of benzene rings is 3. The van der Waals surface area contributed by atoms with Crippen LogP contribution in [0.3, 0.4) is 0 Å². The summed E-state index contributed by atoms with van der Waals surface area (Å²) >= 11 is 0. The molecular formula is C32H34O5. The van der Waals surface area contributed by atoms with Crippen LogP contribution in [0, 0.1) is 0 Å². The smallest absolute Gasteiger partial charge is 0.336 e. The van der Waals surface area contributed by atoms with E-state index in [9.17, 15) is 9.59 Å². The number of esters is 1. The summed E-state index contributed by atoms with van der Waals surface area (Å²) < 4.78 is 16.4. The summed E-state index contributed by atoms with van der Waals surface area (Å²) in [6, 6.07) is 23.2. The number of hydrogen-bond donors (Lipinski definition) is 0. The minimum absolute atomic E-state index is 0.108. The van der Waals surface area contributed by atoms with Gasteiger partial charge in [0.1, 0.15) is 22.8 Å². The standard InChI is InChI=1S/C32H34O5/c1-31(2,3)37-29-14-7-24(8-15-29)9-20-30(34)36-28-18-12-26(13-19-28)32(21-5-4-6-22-32)25-10-16-27(17-11-25)35-23-33/h7-20,23H,4-6,21-22H2,1-3H3/b20-9-. The molecule has 0 N–H and O–H groups in total. The van der Waals surface area contributed by atoms with Gasteiger partial charge in [-0.2, -0.15) is 0 Å². The largest absolute Gasteiger partial charge is 0.488 e. The molecule has 37 heavy (non-hydrogen) atoms. The molecule has 1 aliphatic carbocycles. The molecule has 3 aromatic carbocycles. The Morgan fingerprint density at radius 1 is 0.757 bits per heavy atom. The van der Waals surface area contributed by atoms with Gasteiger partial charge in [0.05, 0.1) is 0 Å². The molecule has 1 saturated carbocycles. The van der Waals surface area contributed by atoms with E-state index in [-0.39, 0.29) is 11.0 Å². The zero-order chi connectivity index (χ0) is 26.3. The zero-order valence-corrected chi connectivity index (χ0v) is 21.7. The van der Waals surface area contributed by atoms with E-state index in [4.69, 9.17) is 14.2 Å². The molecular weight excluding hydrogens is 464 g/mol. The van der Waals surface area contributed by atoms with E-state index in [2.05, 4.69) is 12.1 Å². The Morgan fingerprint density at radius 3 is 1.84 bits per heavy atom. The molecule has 0 unspecified atom stereocenters.